The Morgan fingerprint density at radius 2 is 2.00 bits per heavy atom. The van der Waals surface area contributed by atoms with E-state index in [-0.39, 0.29) is 11.2 Å². The van der Waals surface area contributed by atoms with E-state index in [2.05, 4.69) is 4.98 Å². The summed E-state index contributed by atoms with van der Waals surface area (Å²) in [5.74, 6) is -0.166. The summed E-state index contributed by atoms with van der Waals surface area (Å²) in [5.41, 5.74) is 0.211. The Bertz CT molecular complexity index is 385. The van der Waals surface area contributed by atoms with Gasteiger partial charge in [0.2, 0.25) is 5.76 Å². The van der Waals surface area contributed by atoms with Gasteiger partial charge in [0.1, 0.15) is 0 Å². The number of carboxylic acid groups (broad SMARTS) is 1. The lowest BCUT2D eigenvalue weighted by Crippen LogP contribution is -2.16. The lowest BCUT2D eigenvalue weighted by molar-refractivity contribution is 0.0656. The number of carbonyl (C=O) groups is 1. The molecule has 0 aliphatic carbocycles. The molecule has 0 radical (unpaired) electrons. The number of oxazole rings is 1. The van der Waals surface area contributed by atoms with E-state index >= 15 is 0 Å². The Kier molecular flexibility index (Phi) is 3.41. The second-order valence-electron chi connectivity index (χ2n) is 5.44. The summed E-state index contributed by atoms with van der Waals surface area (Å²) in [7, 11) is 0. The number of aromatic nitrogens is 1. The topological polar surface area (TPSA) is 63.3 Å². The minimum absolute atomic E-state index is 0.0249. The molecular formula is C12H19NO3. The van der Waals surface area contributed by atoms with Gasteiger partial charge in [-0.1, -0.05) is 34.6 Å². The van der Waals surface area contributed by atoms with Gasteiger partial charge in [-0.25, -0.2) is 9.78 Å². The predicted molar refractivity (Wildman–Crippen MR) is 60.7 cm³/mol. The van der Waals surface area contributed by atoms with E-state index in [0.29, 0.717) is 23.9 Å². The van der Waals surface area contributed by atoms with Gasteiger partial charge in [-0.2, -0.15) is 0 Å². The van der Waals surface area contributed by atoms with Gasteiger partial charge in [0.15, 0.2) is 5.89 Å². The molecule has 0 aliphatic heterocycles. The van der Waals surface area contributed by atoms with E-state index in [4.69, 9.17) is 9.52 Å². The third kappa shape index (κ3) is 2.84. The fourth-order valence-electron chi connectivity index (χ4n) is 1.45. The first-order chi connectivity index (χ1) is 7.21. The summed E-state index contributed by atoms with van der Waals surface area (Å²) in [4.78, 5) is 15.3. The van der Waals surface area contributed by atoms with Gasteiger partial charge in [0, 0.05) is 11.8 Å². The summed E-state index contributed by atoms with van der Waals surface area (Å²) < 4.78 is 5.30. The fourth-order valence-corrected chi connectivity index (χ4v) is 1.45. The van der Waals surface area contributed by atoms with Crippen molar-refractivity contribution >= 4 is 5.97 Å². The molecule has 4 heteroatoms. The van der Waals surface area contributed by atoms with E-state index in [9.17, 15) is 4.79 Å². The Morgan fingerprint density at radius 1 is 1.44 bits per heavy atom. The molecule has 0 saturated heterocycles. The van der Waals surface area contributed by atoms with Crippen LogP contribution in [-0.4, -0.2) is 16.1 Å². The van der Waals surface area contributed by atoms with Gasteiger partial charge in [-0.3, -0.25) is 0 Å². The highest BCUT2D eigenvalue weighted by Gasteiger charge is 2.28. The van der Waals surface area contributed by atoms with Crippen LogP contribution < -0.4 is 0 Å². The van der Waals surface area contributed by atoms with Crippen LogP contribution >= 0.6 is 0 Å². The van der Waals surface area contributed by atoms with Crippen LogP contribution in [0.5, 0.6) is 0 Å². The highest BCUT2D eigenvalue weighted by Crippen LogP contribution is 2.26. The van der Waals surface area contributed by atoms with Crippen LogP contribution in [0.2, 0.25) is 0 Å². The average molecular weight is 225 g/mol. The smallest absolute Gasteiger partial charge is 0.373 e. The van der Waals surface area contributed by atoms with Crippen molar-refractivity contribution in [3.8, 4) is 0 Å². The third-order valence-electron chi connectivity index (χ3n) is 2.16. The molecule has 0 amide bonds. The Hall–Kier alpha value is -1.32. The van der Waals surface area contributed by atoms with Gasteiger partial charge in [0.05, 0.1) is 5.69 Å². The van der Waals surface area contributed by atoms with Gasteiger partial charge < -0.3 is 9.52 Å². The van der Waals surface area contributed by atoms with Crippen LogP contribution in [0.1, 0.15) is 56.8 Å². The molecular weight excluding hydrogens is 206 g/mol. The van der Waals surface area contributed by atoms with Crippen molar-refractivity contribution in [2.45, 2.75) is 46.5 Å². The van der Waals surface area contributed by atoms with Crippen molar-refractivity contribution in [1.82, 2.24) is 4.98 Å². The first-order valence-electron chi connectivity index (χ1n) is 5.45. The van der Waals surface area contributed by atoms with E-state index in [1.165, 1.54) is 0 Å². The second-order valence-corrected chi connectivity index (χ2v) is 5.44. The first-order valence-corrected chi connectivity index (χ1v) is 5.45. The highest BCUT2D eigenvalue weighted by molar-refractivity contribution is 5.86. The highest BCUT2D eigenvalue weighted by atomic mass is 16.4. The number of nitrogens with zero attached hydrogens (tertiary/aromatic N) is 1. The zero-order valence-corrected chi connectivity index (χ0v) is 10.5. The van der Waals surface area contributed by atoms with Gasteiger partial charge >= 0.3 is 5.97 Å². The molecule has 90 valence electrons. The van der Waals surface area contributed by atoms with Crippen molar-refractivity contribution in [3.05, 3.63) is 17.3 Å². The van der Waals surface area contributed by atoms with Crippen molar-refractivity contribution in [2.24, 2.45) is 5.92 Å². The van der Waals surface area contributed by atoms with Crippen molar-refractivity contribution in [3.63, 3.8) is 0 Å². The number of aromatic carboxylic acids is 1. The summed E-state index contributed by atoms with van der Waals surface area (Å²) in [6, 6.07) is 0. The van der Waals surface area contributed by atoms with E-state index in [1.807, 2.05) is 34.6 Å². The Balaban J connectivity index is 3.16. The molecule has 1 heterocycles. The molecule has 16 heavy (non-hydrogen) atoms. The second kappa shape index (κ2) is 4.28. The zero-order chi connectivity index (χ0) is 12.5. The van der Waals surface area contributed by atoms with E-state index < -0.39 is 5.97 Å². The zero-order valence-electron chi connectivity index (χ0n) is 10.5. The molecule has 4 nitrogen and oxygen atoms in total. The van der Waals surface area contributed by atoms with Crippen LogP contribution in [0.25, 0.3) is 0 Å². The van der Waals surface area contributed by atoms with Crippen LogP contribution in [0, 0.1) is 5.92 Å². The van der Waals surface area contributed by atoms with Crippen LogP contribution in [0.15, 0.2) is 4.42 Å². The molecule has 0 fully saturated rings. The van der Waals surface area contributed by atoms with Gasteiger partial charge in [-0.15, -0.1) is 0 Å². The third-order valence-corrected chi connectivity index (χ3v) is 2.16. The average Bonchev–Trinajstić information content (AvgIpc) is 2.45. The van der Waals surface area contributed by atoms with E-state index in [0.717, 1.165) is 0 Å². The normalized spacial score (nSPS) is 12.1. The van der Waals surface area contributed by atoms with Crippen LogP contribution in [0.3, 0.4) is 0 Å². The number of carboxylic acids is 1. The van der Waals surface area contributed by atoms with Crippen LogP contribution in [-0.2, 0) is 11.8 Å². The Labute approximate surface area is 95.7 Å². The molecule has 0 atom stereocenters. The van der Waals surface area contributed by atoms with Crippen molar-refractivity contribution in [2.75, 3.05) is 0 Å². The molecule has 1 aromatic rings. The number of hydrogen-bond acceptors (Lipinski definition) is 3. The molecule has 0 aromatic carbocycles. The SMILES string of the molecule is CC(C)Cc1nc(C(C)(C)C)c(C(=O)O)o1. The quantitative estimate of drug-likeness (QED) is 0.859. The molecule has 0 aliphatic rings. The minimum Gasteiger partial charge on any atom is -0.475 e. The predicted octanol–water partition coefficient (Wildman–Crippen LogP) is 2.87. The van der Waals surface area contributed by atoms with Crippen LogP contribution in [0.4, 0.5) is 0 Å². The molecule has 1 rings (SSSR count). The monoisotopic (exact) mass is 225 g/mol. The first kappa shape index (κ1) is 12.7. The molecule has 0 saturated carbocycles. The number of hydrogen-bond donors (Lipinski definition) is 1. The van der Waals surface area contributed by atoms with Crippen molar-refractivity contribution in [1.29, 1.82) is 0 Å². The molecule has 1 N–H and O–H groups in total. The summed E-state index contributed by atoms with van der Waals surface area (Å²) in [6.45, 7) is 9.87. The van der Waals surface area contributed by atoms with Gasteiger partial charge in [0.25, 0.3) is 0 Å². The molecule has 0 bridgehead atoms. The fraction of sp³-hybridized carbons (Fsp3) is 0.667. The summed E-state index contributed by atoms with van der Waals surface area (Å²) >= 11 is 0. The standard InChI is InChI=1S/C12H19NO3/c1-7(2)6-8-13-10(12(3,4)5)9(16-8)11(14)15/h7H,6H2,1-5H3,(H,14,15). The van der Waals surface area contributed by atoms with Crippen molar-refractivity contribution < 1.29 is 14.3 Å². The maximum Gasteiger partial charge on any atom is 0.373 e. The minimum atomic E-state index is -1.05. The molecule has 1 aromatic heterocycles. The van der Waals surface area contributed by atoms with Gasteiger partial charge in [-0.05, 0) is 5.92 Å². The molecule has 0 unspecified atom stereocenters. The lowest BCUT2D eigenvalue weighted by Gasteiger charge is -2.14. The maximum absolute atomic E-state index is 11.0. The summed E-state index contributed by atoms with van der Waals surface area (Å²) in [5, 5.41) is 9.04. The largest absolute Gasteiger partial charge is 0.475 e. The maximum atomic E-state index is 11.0. The molecule has 0 spiro atoms. The summed E-state index contributed by atoms with van der Waals surface area (Å²) in [6.07, 6.45) is 0.663. The Morgan fingerprint density at radius 3 is 2.31 bits per heavy atom. The lowest BCUT2D eigenvalue weighted by atomic mass is 9.91. The van der Waals surface area contributed by atoms with E-state index in [1.54, 1.807) is 0 Å². The number of rotatable bonds is 3.